The number of nitrogens with zero attached hydrogens (tertiary/aromatic N) is 2. The number of carbonyl (C=O) groups excluding carboxylic acids is 1. The third-order valence-corrected chi connectivity index (χ3v) is 6.18. The van der Waals surface area contributed by atoms with Crippen LogP contribution in [0.15, 0.2) is 42.5 Å². The molecule has 1 saturated heterocycles. The van der Waals surface area contributed by atoms with Crippen molar-refractivity contribution in [1.82, 2.24) is 9.88 Å². The van der Waals surface area contributed by atoms with Crippen LogP contribution in [0.2, 0.25) is 0 Å². The second kappa shape index (κ2) is 6.60. The fourth-order valence-electron chi connectivity index (χ4n) is 3.65. The summed E-state index contributed by atoms with van der Waals surface area (Å²) in [7, 11) is 0. The molecular weight excluding hydrogens is 328 g/mol. The van der Waals surface area contributed by atoms with Crippen molar-refractivity contribution in [3.63, 3.8) is 0 Å². The maximum atomic E-state index is 13.0. The lowest BCUT2D eigenvalue weighted by atomic mass is 9.97. The van der Waals surface area contributed by atoms with Crippen LogP contribution in [0.25, 0.3) is 10.2 Å². The standard InChI is InChI=1S/C21H22N2OS/c1-14-9-10-17(15(2)12-14)21(24)23-11-5-6-16(13-23)20-22-18-7-3-4-8-19(18)25-20/h3-4,7-10,12,16H,5-6,11,13H2,1-2H3/t16-/m1/s1. The van der Waals surface area contributed by atoms with E-state index in [1.807, 2.05) is 30.0 Å². The van der Waals surface area contributed by atoms with E-state index in [1.165, 1.54) is 15.3 Å². The first-order valence-electron chi connectivity index (χ1n) is 8.84. The van der Waals surface area contributed by atoms with Gasteiger partial charge < -0.3 is 4.90 Å². The van der Waals surface area contributed by atoms with Crippen LogP contribution in [0.4, 0.5) is 0 Å². The average Bonchev–Trinajstić information content (AvgIpc) is 3.05. The smallest absolute Gasteiger partial charge is 0.254 e. The first-order chi connectivity index (χ1) is 12.1. The number of piperidine rings is 1. The van der Waals surface area contributed by atoms with Gasteiger partial charge in [0.1, 0.15) is 0 Å². The molecule has 1 atom stereocenters. The number of fused-ring (bicyclic) bond motifs is 1. The number of amides is 1. The Morgan fingerprint density at radius 3 is 2.84 bits per heavy atom. The van der Waals surface area contributed by atoms with Crippen LogP contribution in [-0.4, -0.2) is 28.9 Å². The average molecular weight is 350 g/mol. The number of thiazole rings is 1. The number of hydrogen-bond donors (Lipinski definition) is 0. The van der Waals surface area contributed by atoms with E-state index in [2.05, 4.69) is 31.2 Å². The molecule has 1 amide bonds. The molecule has 128 valence electrons. The summed E-state index contributed by atoms with van der Waals surface area (Å²) < 4.78 is 1.23. The molecular formula is C21H22N2OS. The highest BCUT2D eigenvalue weighted by Crippen LogP contribution is 2.33. The monoisotopic (exact) mass is 350 g/mol. The summed E-state index contributed by atoms with van der Waals surface area (Å²) in [6.45, 7) is 5.69. The second-order valence-corrected chi connectivity index (χ2v) is 7.99. The molecule has 1 fully saturated rings. The van der Waals surface area contributed by atoms with E-state index in [0.29, 0.717) is 5.92 Å². The van der Waals surface area contributed by atoms with Gasteiger partial charge in [-0.1, -0.05) is 29.8 Å². The minimum atomic E-state index is 0.156. The molecule has 0 aliphatic carbocycles. The highest BCUT2D eigenvalue weighted by Gasteiger charge is 2.28. The van der Waals surface area contributed by atoms with Gasteiger partial charge in [-0.05, 0) is 50.5 Å². The van der Waals surface area contributed by atoms with Crippen LogP contribution >= 0.6 is 11.3 Å². The molecule has 1 aliphatic heterocycles. The third-order valence-electron chi connectivity index (χ3n) is 4.98. The summed E-state index contributed by atoms with van der Waals surface area (Å²) in [6.07, 6.45) is 2.15. The van der Waals surface area contributed by atoms with Gasteiger partial charge in [0.2, 0.25) is 0 Å². The van der Waals surface area contributed by atoms with E-state index < -0.39 is 0 Å². The number of likely N-dealkylation sites (tertiary alicyclic amines) is 1. The first kappa shape index (κ1) is 16.3. The van der Waals surface area contributed by atoms with Crippen LogP contribution in [0.5, 0.6) is 0 Å². The van der Waals surface area contributed by atoms with Crippen molar-refractivity contribution >= 4 is 27.5 Å². The van der Waals surface area contributed by atoms with Crippen LogP contribution in [0.3, 0.4) is 0 Å². The number of para-hydroxylation sites is 1. The molecule has 0 spiro atoms. The van der Waals surface area contributed by atoms with Gasteiger partial charge in [-0.25, -0.2) is 4.98 Å². The van der Waals surface area contributed by atoms with Crippen LogP contribution in [0.1, 0.15) is 45.3 Å². The number of hydrogen-bond acceptors (Lipinski definition) is 3. The minimum absolute atomic E-state index is 0.156. The normalized spacial score (nSPS) is 17.8. The van der Waals surface area contributed by atoms with Crippen molar-refractivity contribution in [1.29, 1.82) is 0 Å². The van der Waals surface area contributed by atoms with E-state index in [1.54, 1.807) is 11.3 Å². The molecule has 0 saturated carbocycles. The second-order valence-electron chi connectivity index (χ2n) is 6.93. The van der Waals surface area contributed by atoms with Gasteiger partial charge in [0.05, 0.1) is 15.2 Å². The number of aromatic nitrogens is 1. The predicted octanol–water partition coefficient (Wildman–Crippen LogP) is 4.93. The van der Waals surface area contributed by atoms with Gasteiger partial charge in [0.25, 0.3) is 5.91 Å². The molecule has 25 heavy (non-hydrogen) atoms. The molecule has 4 rings (SSSR count). The van der Waals surface area contributed by atoms with E-state index in [9.17, 15) is 4.79 Å². The predicted molar refractivity (Wildman–Crippen MR) is 103 cm³/mol. The van der Waals surface area contributed by atoms with Gasteiger partial charge in [-0.15, -0.1) is 11.3 Å². The van der Waals surface area contributed by atoms with Crippen molar-refractivity contribution in [2.45, 2.75) is 32.6 Å². The van der Waals surface area contributed by atoms with Crippen molar-refractivity contribution < 1.29 is 4.79 Å². The molecule has 0 unspecified atom stereocenters. The highest BCUT2D eigenvalue weighted by atomic mass is 32.1. The van der Waals surface area contributed by atoms with Gasteiger partial charge in [0, 0.05) is 24.6 Å². The number of rotatable bonds is 2. The summed E-state index contributed by atoms with van der Waals surface area (Å²) in [5.41, 5.74) is 4.16. The topological polar surface area (TPSA) is 33.2 Å². The van der Waals surface area contributed by atoms with E-state index >= 15 is 0 Å². The maximum Gasteiger partial charge on any atom is 0.254 e. The van der Waals surface area contributed by atoms with Gasteiger partial charge in [-0.2, -0.15) is 0 Å². The van der Waals surface area contributed by atoms with E-state index in [0.717, 1.165) is 42.6 Å². The molecule has 1 aromatic heterocycles. The molecule has 2 aromatic carbocycles. The fourth-order valence-corrected chi connectivity index (χ4v) is 4.74. The van der Waals surface area contributed by atoms with Crippen molar-refractivity contribution in [2.75, 3.05) is 13.1 Å². The van der Waals surface area contributed by atoms with Crippen molar-refractivity contribution in [3.05, 3.63) is 64.2 Å². The number of aryl methyl sites for hydroxylation is 2. The molecule has 2 heterocycles. The zero-order valence-corrected chi connectivity index (χ0v) is 15.5. The molecule has 3 aromatic rings. The molecule has 0 bridgehead atoms. The lowest BCUT2D eigenvalue weighted by Crippen LogP contribution is -2.39. The van der Waals surface area contributed by atoms with E-state index in [4.69, 9.17) is 4.98 Å². The summed E-state index contributed by atoms with van der Waals surface area (Å²) in [5, 5.41) is 1.17. The van der Waals surface area contributed by atoms with E-state index in [-0.39, 0.29) is 5.91 Å². The van der Waals surface area contributed by atoms with Crippen LogP contribution in [0, 0.1) is 13.8 Å². The van der Waals surface area contributed by atoms with Crippen molar-refractivity contribution in [2.24, 2.45) is 0 Å². The Bertz CT molecular complexity index is 898. The lowest BCUT2D eigenvalue weighted by molar-refractivity contribution is 0.0706. The Hall–Kier alpha value is -2.20. The zero-order valence-electron chi connectivity index (χ0n) is 14.7. The summed E-state index contributed by atoms with van der Waals surface area (Å²) in [4.78, 5) is 19.8. The SMILES string of the molecule is Cc1ccc(C(=O)N2CCC[C@@H](c3nc4ccccc4s3)C2)c(C)c1. The van der Waals surface area contributed by atoms with Crippen molar-refractivity contribution in [3.8, 4) is 0 Å². The first-order valence-corrected chi connectivity index (χ1v) is 9.65. The minimum Gasteiger partial charge on any atom is -0.338 e. The van der Waals surface area contributed by atoms with Crippen LogP contribution in [-0.2, 0) is 0 Å². The maximum absolute atomic E-state index is 13.0. The highest BCUT2D eigenvalue weighted by molar-refractivity contribution is 7.18. The largest absolute Gasteiger partial charge is 0.338 e. The van der Waals surface area contributed by atoms with Gasteiger partial charge in [0.15, 0.2) is 0 Å². The Morgan fingerprint density at radius 2 is 2.04 bits per heavy atom. The number of carbonyl (C=O) groups is 1. The molecule has 0 N–H and O–H groups in total. The van der Waals surface area contributed by atoms with Crippen LogP contribution < -0.4 is 0 Å². The Kier molecular flexibility index (Phi) is 4.30. The fraction of sp³-hybridized carbons (Fsp3) is 0.333. The summed E-state index contributed by atoms with van der Waals surface area (Å²) in [5.74, 6) is 0.504. The molecule has 3 nitrogen and oxygen atoms in total. The Labute approximate surface area is 152 Å². The quantitative estimate of drug-likeness (QED) is 0.656. The Balaban J connectivity index is 1.57. The third kappa shape index (κ3) is 3.19. The zero-order chi connectivity index (χ0) is 17.4. The molecule has 0 radical (unpaired) electrons. The summed E-state index contributed by atoms with van der Waals surface area (Å²) in [6, 6.07) is 14.4. The Morgan fingerprint density at radius 1 is 1.20 bits per heavy atom. The number of benzene rings is 2. The van der Waals surface area contributed by atoms with Gasteiger partial charge in [-0.3, -0.25) is 4.79 Å². The van der Waals surface area contributed by atoms with Gasteiger partial charge >= 0.3 is 0 Å². The molecule has 4 heteroatoms. The molecule has 1 aliphatic rings. The summed E-state index contributed by atoms with van der Waals surface area (Å²) >= 11 is 1.77. The lowest BCUT2D eigenvalue weighted by Gasteiger charge is -2.32.